The van der Waals surface area contributed by atoms with E-state index in [1.165, 1.54) is 0 Å². The van der Waals surface area contributed by atoms with Gasteiger partial charge in [0.1, 0.15) is 5.69 Å². The Morgan fingerprint density at radius 3 is 2.51 bits per heavy atom. The predicted molar refractivity (Wildman–Crippen MR) is 156 cm³/mol. The maximum Gasteiger partial charge on any atom is 0.260 e. The van der Waals surface area contributed by atoms with Gasteiger partial charge in [-0.15, -0.1) is 0 Å². The van der Waals surface area contributed by atoms with Crippen molar-refractivity contribution in [1.82, 2.24) is 19.2 Å². The van der Waals surface area contributed by atoms with Gasteiger partial charge in [0, 0.05) is 57.3 Å². The average molecular weight is 548 g/mol. The van der Waals surface area contributed by atoms with Gasteiger partial charge in [0.2, 0.25) is 11.9 Å². The van der Waals surface area contributed by atoms with Crippen LogP contribution in [-0.2, 0) is 14.5 Å². The standard InChI is InChI=1S/C28H33N7O3S/c1-6-25(36)34-12-14-35(15-13-34)39(5,38)21-9-7-8-20(17-21)30-28-29-18-24-26(31-28)32(3)23-11-10-19(2)16-22(23)27(37)33(24)4/h7-11,16-18H,5-6,12-15H2,1-4H3,(H,29,30,31). The van der Waals surface area contributed by atoms with Crippen LogP contribution in [0.15, 0.2) is 53.6 Å². The fourth-order valence-corrected chi connectivity index (χ4v) is 6.59. The molecular weight excluding hydrogens is 514 g/mol. The highest BCUT2D eigenvalue weighted by Crippen LogP contribution is 2.38. The number of amides is 2. The smallest absolute Gasteiger partial charge is 0.260 e. The summed E-state index contributed by atoms with van der Waals surface area (Å²) in [5, 5.41) is 3.22. The Labute approximate surface area is 229 Å². The molecule has 0 spiro atoms. The van der Waals surface area contributed by atoms with Crippen LogP contribution >= 0.6 is 0 Å². The highest BCUT2D eigenvalue weighted by atomic mass is 32.2. The van der Waals surface area contributed by atoms with E-state index >= 15 is 0 Å². The molecule has 3 aromatic rings. The minimum Gasteiger partial charge on any atom is -0.340 e. The third-order valence-corrected chi connectivity index (χ3v) is 9.44. The van der Waals surface area contributed by atoms with Gasteiger partial charge >= 0.3 is 0 Å². The number of nitrogens with zero attached hydrogens (tertiary/aromatic N) is 6. The van der Waals surface area contributed by atoms with Crippen LogP contribution in [0.1, 0.15) is 29.3 Å². The Morgan fingerprint density at radius 1 is 1.05 bits per heavy atom. The Balaban J connectivity index is 1.40. The Hall–Kier alpha value is -3.96. The summed E-state index contributed by atoms with van der Waals surface area (Å²) in [5.41, 5.74) is 3.63. The van der Waals surface area contributed by atoms with Crippen molar-refractivity contribution in [3.8, 4) is 0 Å². The molecule has 5 rings (SSSR count). The van der Waals surface area contributed by atoms with E-state index in [4.69, 9.17) is 4.98 Å². The average Bonchev–Trinajstić information content (AvgIpc) is 3.02. The molecule has 2 aliphatic rings. The second-order valence-corrected chi connectivity index (χ2v) is 12.1. The van der Waals surface area contributed by atoms with Gasteiger partial charge in [-0.25, -0.2) is 13.5 Å². The van der Waals surface area contributed by atoms with Gasteiger partial charge in [0.05, 0.1) is 27.2 Å². The van der Waals surface area contributed by atoms with E-state index in [-0.39, 0.29) is 11.8 Å². The molecule has 1 atom stereocenters. The number of hydrogen-bond acceptors (Lipinski definition) is 7. The first-order valence-electron chi connectivity index (χ1n) is 12.9. The largest absolute Gasteiger partial charge is 0.340 e. The normalized spacial score (nSPS) is 17.2. The number of carbonyl (C=O) groups excluding carboxylic acids is 2. The second kappa shape index (κ2) is 10.3. The highest BCUT2D eigenvalue weighted by molar-refractivity contribution is 7.98. The predicted octanol–water partition coefficient (Wildman–Crippen LogP) is 3.43. The number of piperazine rings is 1. The number of fused-ring (bicyclic) bond motifs is 2. The van der Waals surface area contributed by atoms with Crippen molar-refractivity contribution in [1.29, 1.82) is 0 Å². The summed E-state index contributed by atoms with van der Waals surface area (Å²) >= 11 is 0. The molecule has 0 radical (unpaired) electrons. The van der Waals surface area contributed by atoms with E-state index < -0.39 is 9.71 Å². The SMILES string of the molecule is C=S(=O)(c1cccc(Nc2ncc3c(n2)N(C)c2ccc(C)cc2C(=O)N3C)c1)N1CCN(C(=O)CC)CC1. The molecule has 2 amide bonds. The van der Waals surface area contributed by atoms with Crippen molar-refractivity contribution in [2.45, 2.75) is 25.2 Å². The number of rotatable bonds is 5. The zero-order chi connectivity index (χ0) is 27.9. The van der Waals surface area contributed by atoms with Gasteiger partial charge < -0.3 is 20.0 Å². The Morgan fingerprint density at radius 2 is 1.79 bits per heavy atom. The number of anilines is 5. The van der Waals surface area contributed by atoms with Crippen LogP contribution in [0, 0.1) is 6.92 Å². The van der Waals surface area contributed by atoms with Crippen LogP contribution < -0.4 is 15.1 Å². The third kappa shape index (κ3) is 4.95. The van der Waals surface area contributed by atoms with Crippen molar-refractivity contribution < 1.29 is 13.8 Å². The molecular formula is C28H33N7O3S. The first kappa shape index (κ1) is 26.6. The Kier molecular flexibility index (Phi) is 7.04. The van der Waals surface area contributed by atoms with Gasteiger partial charge in [-0.2, -0.15) is 4.98 Å². The quantitative estimate of drug-likeness (QED) is 0.489. The van der Waals surface area contributed by atoms with Crippen molar-refractivity contribution in [3.63, 3.8) is 0 Å². The molecule has 11 heteroatoms. The molecule has 0 saturated carbocycles. The molecule has 1 fully saturated rings. The van der Waals surface area contributed by atoms with Crippen LogP contribution in [0.5, 0.6) is 0 Å². The topological polar surface area (TPSA) is 102 Å². The van der Waals surface area contributed by atoms with E-state index in [0.29, 0.717) is 66.2 Å². The van der Waals surface area contributed by atoms with Gasteiger partial charge in [0.15, 0.2) is 5.82 Å². The van der Waals surface area contributed by atoms with Crippen LogP contribution in [0.3, 0.4) is 0 Å². The summed E-state index contributed by atoms with van der Waals surface area (Å²) in [6.45, 7) is 5.87. The molecule has 2 aliphatic heterocycles. The lowest BCUT2D eigenvalue weighted by Gasteiger charge is -2.36. The van der Waals surface area contributed by atoms with E-state index in [1.54, 1.807) is 35.2 Å². The van der Waals surface area contributed by atoms with Gasteiger partial charge in [-0.3, -0.25) is 9.59 Å². The molecule has 39 heavy (non-hydrogen) atoms. The fourth-order valence-electron chi connectivity index (χ4n) is 4.93. The molecule has 1 aromatic heterocycles. The first-order valence-corrected chi connectivity index (χ1v) is 14.5. The zero-order valence-corrected chi connectivity index (χ0v) is 23.5. The van der Waals surface area contributed by atoms with E-state index in [2.05, 4.69) is 16.2 Å². The van der Waals surface area contributed by atoms with Crippen molar-refractivity contribution in [2.24, 2.45) is 0 Å². The number of benzene rings is 2. The van der Waals surface area contributed by atoms with Crippen LogP contribution in [0.4, 0.5) is 28.8 Å². The highest BCUT2D eigenvalue weighted by Gasteiger charge is 2.29. The molecule has 0 aliphatic carbocycles. The van der Waals surface area contributed by atoms with Crippen LogP contribution in [0.2, 0.25) is 0 Å². The molecule has 1 N–H and O–H groups in total. The van der Waals surface area contributed by atoms with Crippen LogP contribution in [0.25, 0.3) is 0 Å². The van der Waals surface area contributed by atoms with Crippen molar-refractivity contribution in [3.05, 3.63) is 59.8 Å². The van der Waals surface area contributed by atoms with Gasteiger partial charge in [0.25, 0.3) is 5.91 Å². The summed E-state index contributed by atoms with van der Waals surface area (Å²) in [7, 11) is 0.846. The summed E-state index contributed by atoms with van der Waals surface area (Å²) in [6.07, 6.45) is 2.09. The molecule has 0 bridgehead atoms. The lowest BCUT2D eigenvalue weighted by Crippen LogP contribution is -2.50. The lowest BCUT2D eigenvalue weighted by molar-refractivity contribution is -0.131. The van der Waals surface area contributed by atoms with Crippen molar-refractivity contribution >= 4 is 56.2 Å². The van der Waals surface area contributed by atoms with Gasteiger partial charge in [-0.05, 0) is 43.1 Å². The van der Waals surface area contributed by atoms with Crippen molar-refractivity contribution in [2.75, 3.05) is 55.4 Å². The van der Waals surface area contributed by atoms with E-state index in [1.807, 2.05) is 60.4 Å². The van der Waals surface area contributed by atoms with Crippen LogP contribution in [-0.4, -0.2) is 81.3 Å². The summed E-state index contributed by atoms with van der Waals surface area (Å²) in [4.78, 5) is 40.3. The lowest BCUT2D eigenvalue weighted by atomic mass is 10.1. The molecule has 3 heterocycles. The summed E-state index contributed by atoms with van der Waals surface area (Å²) < 4.78 is 15.6. The maximum atomic E-state index is 13.8. The number of aromatic nitrogens is 2. The maximum absolute atomic E-state index is 13.8. The Bertz CT molecular complexity index is 1550. The first-order chi connectivity index (χ1) is 18.6. The molecule has 10 nitrogen and oxygen atoms in total. The monoisotopic (exact) mass is 547 g/mol. The molecule has 1 unspecified atom stereocenters. The molecule has 204 valence electrons. The third-order valence-electron chi connectivity index (χ3n) is 7.25. The number of carbonyl (C=O) groups is 2. The van der Waals surface area contributed by atoms with Gasteiger partial charge in [-0.1, -0.05) is 24.6 Å². The zero-order valence-electron chi connectivity index (χ0n) is 22.7. The van der Waals surface area contributed by atoms with E-state index in [9.17, 15) is 13.8 Å². The number of nitrogens with one attached hydrogen (secondary N) is 1. The molecule has 1 saturated heterocycles. The number of hydrogen-bond donors (Lipinski definition) is 1. The second-order valence-electron chi connectivity index (χ2n) is 9.80. The minimum atomic E-state index is -2.75. The minimum absolute atomic E-state index is 0.108. The summed E-state index contributed by atoms with van der Waals surface area (Å²) in [5.74, 6) is 4.98. The van der Waals surface area contributed by atoms with E-state index in [0.717, 1.165) is 11.3 Å². The number of aryl methyl sites for hydroxylation is 1. The fraction of sp³-hybridized carbons (Fsp3) is 0.321. The summed E-state index contributed by atoms with van der Waals surface area (Å²) in [6, 6.07) is 13.0. The molecule has 2 aromatic carbocycles.